The Labute approximate surface area is 183 Å². The van der Waals surface area contributed by atoms with E-state index in [0.717, 1.165) is 11.3 Å². The topological polar surface area (TPSA) is 82.1 Å². The van der Waals surface area contributed by atoms with Gasteiger partial charge in [0.05, 0.1) is 12.2 Å². The normalized spacial score (nSPS) is 18.2. The Morgan fingerprint density at radius 1 is 1.00 bits per heavy atom. The first kappa shape index (κ1) is 22.5. The molecule has 0 aromatic heterocycles. The second-order valence-electron chi connectivity index (χ2n) is 8.23. The average Bonchev–Trinajstić information content (AvgIpc) is 2.70. The van der Waals surface area contributed by atoms with Crippen LogP contribution >= 0.6 is 0 Å². The Morgan fingerprint density at radius 2 is 1.61 bits per heavy atom. The fraction of sp³-hybridized carbons (Fsp3) is 0.348. The van der Waals surface area contributed by atoms with Crippen molar-refractivity contribution < 1.29 is 28.3 Å². The van der Waals surface area contributed by atoms with Crippen molar-refractivity contribution in [2.24, 2.45) is 0 Å². The van der Waals surface area contributed by atoms with Crippen molar-refractivity contribution in [3.05, 3.63) is 59.7 Å². The van der Waals surface area contributed by atoms with Crippen LogP contribution < -0.4 is 9.64 Å². The number of β-lactam (4-membered cyclic amide) rings is 1. The summed E-state index contributed by atoms with van der Waals surface area (Å²) < 4.78 is 16.3. The molecule has 0 radical (unpaired) electrons. The number of anilines is 1. The number of rotatable bonds is 7. The Kier molecular flexibility index (Phi) is 6.50. The number of ether oxygens (including phenoxy) is 2. The van der Waals surface area contributed by atoms with Crippen LogP contribution in [-0.4, -0.2) is 38.9 Å². The molecule has 0 saturated carbocycles. The zero-order valence-electron chi connectivity index (χ0n) is 18.4. The molecule has 7 nitrogen and oxygen atoms in total. The number of hydrogen-bond acceptors (Lipinski definition) is 6. The van der Waals surface area contributed by atoms with E-state index in [2.05, 4.69) is 0 Å². The van der Waals surface area contributed by atoms with E-state index >= 15 is 0 Å². The third-order valence-corrected chi connectivity index (χ3v) is 5.45. The molecule has 31 heavy (non-hydrogen) atoms. The van der Waals surface area contributed by atoms with E-state index in [1.807, 2.05) is 50.8 Å². The number of carbonyl (C=O) groups excluding carboxylic acids is 3. The highest BCUT2D eigenvalue weighted by molar-refractivity contribution is 6.71. The van der Waals surface area contributed by atoms with E-state index < -0.39 is 26.4 Å². The minimum absolute atomic E-state index is 0.313. The monoisotopic (exact) mass is 441 g/mol. The van der Waals surface area contributed by atoms with E-state index in [-0.39, 0.29) is 11.9 Å². The van der Waals surface area contributed by atoms with Crippen molar-refractivity contribution in [3.8, 4) is 5.75 Å². The van der Waals surface area contributed by atoms with Crippen molar-refractivity contribution in [3.63, 3.8) is 0 Å². The first-order valence-electron chi connectivity index (χ1n) is 10.2. The lowest BCUT2D eigenvalue weighted by Crippen LogP contribution is -2.60. The minimum Gasteiger partial charge on any atom is -0.516 e. The number of benzene rings is 2. The number of amides is 1. The Bertz CT molecular complexity index is 965. The molecule has 2 aromatic carbocycles. The summed E-state index contributed by atoms with van der Waals surface area (Å²) in [4.78, 5) is 38.2. The summed E-state index contributed by atoms with van der Waals surface area (Å²) in [6, 6.07) is 13.6. The van der Waals surface area contributed by atoms with Crippen LogP contribution in [0, 0.1) is 0 Å². The molecule has 1 saturated heterocycles. The summed E-state index contributed by atoms with van der Waals surface area (Å²) in [7, 11) is -2.01. The molecule has 3 rings (SSSR count). The van der Waals surface area contributed by atoms with Gasteiger partial charge in [-0.25, -0.2) is 4.79 Å². The highest BCUT2D eigenvalue weighted by atomic mass is 28.4. The molecule has 1 heterocycles. The van der Waals surface area contributed by atoms with Gasteiger partial charge >= 0.3 is 11.9 Å². The SMILES string of the molecule is CCOc1ccc([C@H]2[C@H](OC(C)=O)C(=O)N2c2ccc(C(=O)O[Si](C)(C)C)cc2)cc1. The van der Waals surface area contributed by atoms with Crippen LogP contribution in [0.5, 0.6) is 5.75 Å². The molecule has 0 spiro atoms. The van der Waals surface area contributed by atoms with Gasteiger partial charge in [-0.1, -0.05) is 12.1 Å². The first-order valence-corrected chi connectivity index (χ1v) is 13.6. The van der Waals surface area contributed by atoms with Gasteiger partial charge in [-0.3, -0.25) is 14.5 Å². The molecule has 1 aliphatic heterocycles. The van der Waals surface area contributed by atoms with Gasteiger partial charge in [0.15, 0.2) is 0 Å². The van der Waals surface area contributed by atoms with Crippen molar-refractivity contribution in [2.75, 3.05) is 11.5 Å². The largest absolute Gasteiger partial charge is 0.516 e. The highest BCUT2D eigenvalue weighted by Crippen LogP contribution is 2.41. The Morgan fingerprint density at radius 3 is 2.13 bits per heavy atom. The van der Waals surface area contributed by atoms with Crippen molar-refractivity contribution in [2.45, 2.75) is 45.6 Å². The quantitative estimate of drug-likeness (QED) is 0.366. The molecule has 8 heteroatoms. The summed E-state index contributed by atoms with van der Waals surface area (Å²) in [5.41, 5.74) is 1.85. The van der Waals surface area contributed by atoms with Gasteiger partial charge in [0.1, 0.15) is 11.8 Å². The number of carbonyl (C=O) groups is 3. The van der Waals surface area contributed by atoms with E-state index in [1.54, 1.807) is 29.2 Å². The number of hydrogen-bond donors (Lipinski definition) is 0. The van der Waals surface area contributed by atoms with Gasteiger partial charge in [0.2, 0.25) is 14.4 Å². The van der Waals surface area contributed by atoms with Crippen molar-refractivity contribution in [1.82, 2.24) is 0 Å². The zero-order chi connectivity index (χ0) is 22.8. The fourth-order valence-corrected chi connectivity index (χ4v) is 4.06. The lowest BCUT2D eigenvalue weighted by Gasteiger charge is -2.46. The van der Waals surface area contributed by atoms with Crippen LogP contribution in [0.3, 0.4) is 0 Å². The predicted molar refractivity (Wildman–Crippen MR) is 119 cm³/mol. The molecule has 0 unspecified atom stereocenters. The third-order valence-electron chi connectivity index (χ3n) is 4.65. The van der Waals surface area contributed by atoms with Crippen LogP contribution in [0.4, 0.5) is 5.69 Å². The van der Waals surface area contributed by atoms with Gasteiger partial charge in [-0.15, -0.1) is 0 Å². The Balaban J connectivity index is 1.86. The van der Waals surface area contributed by atoms with Crippen molar-refractivity contribution >= 4 is 31.9 Å². The first-order chi connectivity index (χ1) is 14.6. The minimum atomic E-state index is -2.01. The van der Waals surface area contributed by atoms with Crippen LogP contribution in [0.25, 0.3) is 0 Å². The van der Waals surface area contributed by atoms with Crippen LogP contribution in [-0.2, 0) is 18.8 Å². The van der Waals surface area contributed by atoms with Gasteiger partial charge in [-0.05, 0) is 68.5 Å². The van der Waals surface area contributed by atoms with Crippen molar-refractivity contribution in [1.29, 1.82) is 0 Å². The second-order valence-corrected chi connectivity index (χ2v) is 12.7. The molecule has 2 aromatic rings. The van der Waals surface area contributed by atoms with Gasteiger partial charge in [0.25, 0.3) is 5.91 Å². The van der Waals surface area contributed by atoms with Gasteiger partial charge in [0, 0.05) is 12.6 Å². The molecule has 1 fully saturated rings. The van der Waals surface area contributed by atoms with E-state index in [9.17, 15) is 14.4 Å². The molecular weight excluding hydrogens is 414 g/mol. The Hall–Kier alpha value is -3.13. The zero-order valence-corrected chi connectivity index (χ0v) is 19.4. The van der Waals surface area contributed by atoms with E-state index in [4.69, 9.17) is 13.9 Å². The second kappa shape index (κ2) is 8.93. The van der Waals surface area contributed by atoms with Gasteiger partial charge in [-0.2, -0.15) is 0 Å². The molecule has 164 valence electrons. The highest BCUT2D eigenvalue weighted by Gasteiger charge is 2.51. The molecule has 2 atom stereocenters. The lowest BCUT2D eigenvalue weighted by molar-refractivity contribution is -0.160. The van der Waals surface area contributed by atoms with E-state index in [1.165, 1.54) is 6.92 Å². The molecule has 0 aliphatic carbocycles. The molecule has 1 amide bonds. The third kappa shape index (κ3) is 5.14. The summed E-state index contributed by atoms with van der Waals surface area (Å²) in [5, 5.41) is 0. The summed E-state index contributed by atoms with van der Waals surface area (Å²) in [6.07, 6.45) is -0.896. The predicted octanol–water partition coefficient (Wildman–Crippen LogP) is 4.10. The van der Waals surface area contributed by atoms with Crippen LogP contribution in [0.2, 0.25) is 19.6 Å². The molecular formula is C23H27NO6Si. The molecule has 0 N–H and O–H groups in total. The van der Waals surface area contributed by atoms with Gasteiger partial charge < -0.3 is 13.9 Å². The summed E-state index contributed by atoms with van der Waals surface area (Å²) in [5.74, 6) is -0.482. The maximum Gasteiger partial charge on any atom is 0.324 e. The number of nitrogens with zero attached hydrogens (tertiary/aromatic N) is 1. The van der Waals surface area contributed by atoms with E-state index in [0.29, 0.717) is 17.9 Å². The molecule has 1 aliphatic rings. The smallest absolute Gasteiger partial charge is 0.324 e. The summed E-state index contributed by atoms with van der Waals surface area (Å²) in [6.45, 7) is 9.55. The molecule has 0 bridgehead atoms. The van der Waals surface area contributed by atoms with Crippen LogP contribution in [0.1, 0.15) is 35.8 Å². The van der Waals surface area contributed by atoms with Crippen LogP contribution in [0.15, 0.2) is 48.5 Å². The average molecular weight is 442 g/mol. The maximum atomic E-state index is 12.8. The summed E-state index contributed by atoms with van der Waals surface area (Å²) >= 11 is 0. The fourth-order valence-electron chi connectivity index (χ4n) is 3.39. The lowest BCUT2D eigenvalue weighted by atomic mass is 9.89. The maximum absolute atomic E-state index is 12.8. The number of esters is 1. The standard InChI is InChI=1S/C23H27NO6Si/c1-6-28-19-13-9-16(10-14-19)20-21(29-15(2)25)22(26)24(20)18-11-7-17(8-12-18)23(27)30-31(3,4)5/h7-14,20-21H,6H2,1-5H3/t20-,21-/m0/s1.